The van der Waals surface area contributed by atoms with Gasteiger partial charge in [-0.2, -0.15) is 0 Å². The molecular weight excluding hydrogens is 184 g/mol. The first-order chi connectivity index (χ1) is 7.25. The van der Waals surface area contributed by atoms with Crippen molar-refractivity contribution in [2.45, 2.75) is 31.7 Å². The van der Waals surface area contributed by atoms with E-state index in [9.17, 15) is 0 Å². The Morgan fingerprint density at radius 2 is 1.67 bits per heavy atom. The molecule has 2 heteroatoms. The van der Waals surface area contributed by atoms with Gasteiger partial charge in [-0.25, -0.2) is 0 Å². The predicted molar refractivity (Wildman–Crippen MR) is 66.6 cm³/mol. The Hall–Kier alpha value is -1.18. The van der Waals surface area contributed by atoms with Crippen LogP contribution in [0, 0.1) is 0 Å². The van der Waals surface area contributed by atoms with E-state index < -0.39 is 0 Å². The van der Waals surface area contributed by atoms with Gasteiger partial charge >= 0.3 is 0 Å². The Kier molecular flexibility index (Phi) is 3.14. The van der Waals surface area contributed by atoms with Crippen LogP contribution in [0.5, 0.6) is 0 Å². The molecule has 1 saturated carbocycles. The molecule has 2 rings (SSSR count). The standard InChI is InChI=1S/C13H20N2/c1-15(2)13-9-7-12(8-10-13)14-11-5-3-4-6-11/h7-11,14H,3-6H2,1-2H3. The van der Waals surface area contributed by atoms with Crippen LogP contribution in [0.15, 0.2) is 24.3 Å². The summed E-state index contributed by atoms with van der Waals surface area (Å²) < 4.78 is 0. The summed E-state index contributed by atoms with van der Waals surface area (Å²) in [6, 6.07) is 9.38. The van der Waals surface area contributed by atoms with Crippen molar-refractivity contribution in [3.63, 3.8) is 0 Å². The summed E-state index contributed by atoms with van der Waals surface area (Å²) >= 11 is 0. The third kappa shape index (κ3) is 2.65. The van der Waals surface area contributed by atoms with Crippen LogP contribution >= 0.6 is 0 Å². The lowest BCUT2D eigenvalue weighted by Gasteiger charge is -2.16. The first-order valence-electron chi connectivity index (χ1n) is 5.79. The minimum absolute atomic E-state index is 0.704. The Bertz CT molecular complexity index is 297. The first-order valence-corrected chi connectivity index (χ1v) is 5.79. The summed E-state index contributed by atoms with van der Waals surface area (Å²) in [6.45, 7) is 0. The van der Waals surface area contributed by atoms with Gasteiger partial charge in [0.2, 0.25) is 0 Å². The monoisotopic (exact) mass is 204 g/mol. The fourth-order valence-corrected chi connectivity index (χ4v) is 2.16. The average Bonchev–Trinajstić information content (AvgIpc) is 2.71. The highest BCUT2D eigenvalue weighted by atomic mass is 15.1. The highest BCUT2D eigenvalue weighted by Gasteiger charge is 2.13. The Labute approximate surface area is 92.3 Å². The van der Waals surface area contributed by atoms with Crippen molar-refractivity contribution < 1.29 is 0 Å². The van der Waals surface area contributed by atoms with Gasteiger partial charge in [0.25, 0.3) is 0 Å². The summed E-state index contributed by atoms with van der Waals surface area (Å²) in [4.78, 5) is 2.12. The molecule has 0 unspecified atom stereocenters. The molecular formula is C13H20N2. The lowest BCUT2D eigenvalue weighted by Crippen LogP contribution is -2.14. The zero-order valence-electron chi connectivity index (χ0n) is 9.66. The minimum atomic E-state index is 0.704. The van der Waals surface area contributed by atoms with Gasteiger partial charge < -0.3 is 10.2 Å². The highest BCUT2D eigenvalue weighted by Crippen LogP contribution is 2.23. The molecule has 1 N–H and O–H groups in total. The molecule has 0 atom stereocenters. The smallest absolute Gasteiger partial charge is 0.0362 e. The molecule has 0 aromatic heterocycles. The van der Waals surface area contributed by atoms with Gasteiger partial charge in [-0.1, -0.05) is 12.8 Å². The molecule has 82 valence electrons. The van der Waals surface area contributed by atoms with Gasteiger partial charge in [-0.05, 0) is 37.1 Å². The van der Waals surface area contributed by atoms with Crippen molar-refractivity contribution in [1.29, 1.82) is 0 Å². The minimum Gasteiger partial charge on any atom is -0.382 e. The fourth-order valence-electron chi connectivity index (χ4n) is 2.16. The number of hydrogen-bond acceptors (Lipinski definition) is 2. The predicted octanol–water partition coefficient (Wildman–Crippen LogP) is 3.11. The quantitative estimate of drug-likeness (QED) is 0.814. The maximum atomic E-state index is 3.59. The van der Waals surface area contributed by atoms with Gasteiger partial charge in [-0.3, -0.25) is 0 Å². The van der Waals surface area contributed by atoms with E-state index in [1.807, 2.05) is 0 Å². The van der Waals surface area contributed by atoms with E-state index in [1.165, 1.54) is 37.1 Å². The van der Waals surface area contributed by atoms with Gasteiger partial charge in [0, 0.05) is 31.5 Å². The Balaban J connectivity index is 1.97. The van der Waals surface area contributed by atoms with Crippen LogP contribution in [-0.2, 0) is 0 Å². The van der Waals surface area contributed by atoms with Crippen LogP contribution in [0.25, 0.3) is 0 Å². The molecule has 1 aromatic rings. The maximum absolute atomic E-state index is 3.59. The second-order valence-corrected chi connectivity index (χ2v) is 4.57. The molecule has 0 radical (unpaired) electrons. The van der Waals surface area contributed by atoms with Crippen LogP contribution in [0.4, 0.5) is 11.4 Å². The Morgan fingerprint density at radius 1 is 1.07 bits per heavy atom. The lowest BCUT2D eigenvalue weighted by molar-refractivity contribution is 0.755. The molecule has 0 amide bonds. The molecule has 0 bridgehead atoms. The third-order valence-corrected chi connectivity index (χ3v) is 3.11. The maximum Gasteiger partial charge on any atom is 0.0362 e. The van der Waals surface area contributed by atoms with Gasteiger partial charge in [-0.15, -0.1) is 0 Å². The number of nitrogens with one attached hydrogen (secondary N) is 1. The lowest BCUT2D eigenvalue weighted by atomic mass is 10.2. The van der Waals surface area contributed by atoms with Crippen molar-refractivity contribution >= 4 is 11.4 Å². The summed E-state index contributed by atoms with van der Waals surface area (Å²) in [6.07, 6.45) is 5.42. The molecule has 0 heterocycles. The first kappa shape index (κ1) is 10.3. The number of hydrogen-bond donors (Lipinski definition) is 1. The van der Waals surface area contributed by atoms with Crippen LogP contribution in [-0.4, -0.2) is 20.1 Å². The highest BCUT2D eigenvalue weighted by molar-refractivity contribution is 5.54. The SMILES string of the molecule is CN(C)c1ccc(NC2CCCC2)cc1. The topological polar surface area (TPSA) is 15.3 Å². The zero-order valence-corrected chi connectivity index (χ0v) is 9.66. The van der Waals surface area contributed by atoms with Crippen molar-refractivity contribution in [2.75, 3.05) is 24.3 Å². The summed E-state index contributed by atoms with van der Waals surface area (Å²) in [7, 11) is 4.14. The average molecular weight is 204 g/mol. The number of anilines is 2. The molecule has 1 aliphatic carbocycles. The fraction of sp³-hybridized carbons (Fsp3) is 0.538. The third-order valence-electron chi connectivity index (χ3n) is 3.11. The van der Waals surface area contributed by atoms with E-state index in [1.54, 1.807) is 0 Å². The van der Waals surface area contributed by atoms with E-state index >= 15 is 0 Å². The van der Waals surface area contributed by atoms with E-state index in [0.717, 1.165) is 0 Å². The molecule has 0 spiro atoms. The van der Waals surface area contributed by atoms with Crippen molar-refractivity contribution in [3.05, 3.63) is 24.3 Å². The summed E-state index contributed by atoms with van der Waals surface area (Å²) in [5.41, 5.74) is 2.51. The van der Waals surface area contributed by atoms with Crippen molar-refractivity contribution in [3.8, 4) is 0 Å². The van der Waals surface area contributed by atoms with Gasteiger partial charge in [0.15, 0.2) is 0 Å². The summed E-state index contributed by atoms with van der Waals surface area (Å²) in [5.74, 6) is 0. The van der Waals surface area contributed by atoms with Gasteiger partial charge in [0.05, 0.1) is 0 Å². The number of nitrogens with zero attached hydrogens (tertiary/aromatic N) is 1. The summed E-state index contributed by atoms with van der Waals surface area (Å²) in [5, 5.41) is 3.59. The van der Waals surface area contributed by atoms with Crippen molar-refractivity contribution in [2.24, 2.45) is 0 Å². The normalized spacial score (nSPS) is 16.7. The van der Waals surface area contributed by atoms with Crippen LogP contribution in [0.2, 0.25) is 0 Å². The molecule has 1 fully saturated rings. The van der Waals surface area contributed by atoms with Crippen molar-refractivity contribution in [1.82, 2.24) is 0 Å². The number of benzene rings is 1. The Morgan fingerprint density at radius 3 is 2.20 bits per heavy atom. The van der Waals surface area contributed by atoms with E-state index in [0.29, 0.717) is 6.04 Å². The molecule has 1 aromatic carbocycles. The van der Waals surface area contributed by atoms with Crippen LogP contribution < -0.4 is 10.2 Å². The second-order valence-electron chi connectivity index (χ2n) is 4.57. The molecule has 0 saturated heterocycles. The second kappa shape index (κ2) is 4.56. The van der Waals surface area contributed by atoms with Gasteiger partial charge in [0.1, 0.15) is 0 Å². The molecule has 1 aliphatic rings. The molecule has 15 heavy (non-hydrogen) atoms. The largest absolute Gasteiger partial charge is 0.382 e. The van der Waals surface area contributed by atoms with E-state index in [4.69, 9.17) is 0 Å². The van der Waals surface area contributed by atoms with E-state index in [-0.39, 0.29) is 0 Å². The number of rotatable bonds is 3. The van der Waals surface area contributed by atoms with Crippen LogP contribution in [0.3, 0.4) is 0 Å². The van der Waals surface area contributed by atoms with Crippen LogP contribution in [0.1, 0.15) is 25.7 Å². The molecule has 0 aliphatic heterocycles. The van der Waals surface area contributed by atoms with E-state index in [2.05, 4.69) is 48.6 Å². The molecule has 2 nitrogen and oxygen atoms in total. The zero-order chi connectivity index (χ0) is 10.7.